The Morgan fingerprint density at radius 3 is 2.52 bits per heavy atom. The molecule has 0 spiro atoms. The molecule has 0 saturated carbocycles. The van der Waals surface area contributed by atoms with Gasteiger partial charge in [0.25, 0.3) is 0 Å². The molecule has 27 heavy (non-hydrogen) atoms. The van der Waals surface area contributed by atoms with Gasteiger partial charge in [0, 0.05) is 17.9 Å². The summed E-state index contributed by atoms with van der Waals surface area (Å²) in [5, 5.41) is 10.3. The van der Waals surface area contributed by atoms with Crippen LogP contribution in [0.5, 0.6) is 0 Å². The first-order chi connectivity index (χ1) is 13.1. The fraction of sp³-hybridized carbons (Fsp3) is 0.273. The largest absolute Gasteiger partial charge is 0.338 e. The lowest BCUT2D eigenvalue weighted by molar-refractivity contribution is 0.252. The highest BCUT2D eigenvalue weighted by Gasteiger charge is 2.05. The van der Waals surface area contributed by atoms with Gasteiger partial charge in [0.15, 0.2) is 0 Å². The van der Waals surface area contributed by atoms with Crippen molar-refractivity contribution >= 4 is 11.7 Å². The smallest absolute Gasteiger partial charge is 0.319 e. The van der Waals surface area contributed by atoms with E-state index in [0.717, 1.165) is 35.5 Å². The minimum Gasteiger partial charge on any atom is -0.338 e. The summed E-state index contributed by atoms with van der Waals surface area (Å²) in [7, 11) is 0. The maximum atomic E-state index is 12.1. The van der Waals surface area contributed by atoms with E-state index in [2.05, 4.69) is 33.9 Å². The molecule has 0 fully saturated rings. The van der Waals surface area contributed by atoms with Crippen molar-refractivity contribution in [1.82, 2.24) is 15.1 Å². The number of carbonyl (C=O) groups is 1. The van der Waals surface area contributed by atoms with Crippen LogP contribution in [0.15, 0.2) is 60.7 Å². The molecule has 140 valence electrons. The molecule has 0 aliphatic carbocycles. The molecule has 0 saturated heterocycles. The van der Waals surface area contributed by atoms with E-state index < -0.39 is 0 Å². The average molecular weight is 362 g/mol. The van der Waals surface area contributed by atoms with Gasteiger partial charge < -0.3 is 10.6 Å². The van der Waals surface area contributed by atoms with E-state index in [-0.39, 0.29) is 6.03 Å². The van der Waals surface area contributed by atoms with E-state index in [4.69, 9.17) is 0 Å². The van der Waals surface area contributed by atoms with E-state index in [1.807, 2.05) is 61.0 Å². The minimum atomic E-state index is -0.175. The molecule has 0 aliphatic rings. The van der Waals surface area contributed by atoms with E-state index in [0.29, 0.717) is 13.1 Å². The van der Waals surface area contributed by atoms with Crippen LogP contribution in [0.3, 0.4) is 0 Å². The van der Waals surface area contributed by atoms with Gasteiger partial charge >= 0.3 is 6.03 Å². The fourth-order valence-electron chi connectivity index (χ4n) is 3.07. The second kappa shape index (κ2) is 9.03. The Kier molecular flexibility index (Phi) is 6.26. The molecule has 0 bridgehead atoms. The molecular weight excluding hydrogens is 336 g/mol. The highest BCUT2D eigenvalue weighted by molar-refractivity contribution is 5.89. The molecule has 0 atom stereocenters. The van der Waals surface area contributed by atoms with Crippen molar-refractivity contribution < 1.29 is 4.79 Å². The van der Waals surface area contributed by atoms with Crippen molar-refractivity contribution in [3.05, 3.63) is 83.2 Å². The molecule has 0 radical (unpaired) electrons. The van der Waals surface area contributed by atoms with E-state index in [1.54, 1.807) is 0 Å². The number of urea groups is 1. The van der Waals surface area contributed by atoms with Gasteiger partial charge in [0.1, 0.15) is 0 Å². The minimum absolute atomic E-state index is 0.175. The van der Waals surface area contributed by atoms with Crippen LogP contribution in [-0.4, -0.2) is 22.4 Å². The van der Waals surface area contributed by atoms with Crippen molar-refractivity contribution in [3.63, 3.8) is 0 Å². The quantitative estimate of drug-likeness (QED) is 0.616. The number of aryl methyl sites for hydroxylation is 3. The van der Waals surface area contributed by atoms with Crippen LogP contribution >= 0.6 is 0 Å². The predicted octanol–water partition coefficient (Wildman–Crippen LogP) is 4.30. The Bertz CT molecular complexity index is 886. The van der Waals surface area contributed by atoms with Crippen LogP contribution in [0.25, 0.3) is 0 Å². The Hall–Kier alpha value is -3.08. The number of aromatic nitrogens is 2. The summed E-state index contributed by atoms with van der Waals surface area (Å²) < 4.78 is 1.97. The highest BCUT2D eigenvalue weighted by atomic mass is 16.2. The summed E-state index contributed by atoms with van der Waals surface area (Å²) in [4.78, 5) is 12.1. The third-order valence-electron chi connectivity index (χ3n) is 4.39. The molecule has 0 aliphatic heterocycles. The van der Waals surface area contributed by atoms with Gasteiger partial charge in [-0.1, -0.05) is 42.5 Å². The zero-order chi connectivity index (χ0) is 19.1. The topological polar surface area (TPSA) is 59.0 Å². The zero-order valence-corrected chi connectivity index (χ0v) is 15.9. The number of carbonyl (C=O) groups excluding carboxylic acids is 1. The van der Waals surface area contributed by atoms with Gasteiger partial charge in [-0.25, -0.2) is 4.79 Å². The van der Waals surface area contributed by atoms with Gasteiger partial charge in [-0.2, -0.15) is 5.10 Å². The SMILES string of the molecule is Cc1cc(C)n(Cc2cccc(NC(=O)NCCCc3ccccc3)c2)n1. The van der Waals surface area contributed by atoms with Crippen molar-refractivity contribution in [2.24, 2.45) is 0 Å². The summed E-state index contributed by atoms with van der Waals surface area (Å²) in [6, 6.07) is 20.1. The number of nitrogens with zero attached hydrogens (tertiary/aromatic N) is 2. The van der Waals surface area contributed by atoms with Crippen molar-refractivity contribution in [2.45, 2.75) is 33.2 Å². The average Bonchev–Trinajstić information content (AvgIpc) is 2.97. The Labute approximate surface area is 160 Å². The second-order valence-corrected chi connectivity index (χ2v) is 6.76. The number of nitrogens with one attached hydrogen (secondary N) is 2. The number of hydrogen-bond acceptors (Lipinski definition) is 2. The first-order valence-electron chi connectivity index (χ1n) is 9.29. The number of rotatable bonds is 7. The Balaban J connectivity index is 1.47. The zero-order valence-electron chi connectivity index (χ0n) is 15.9. The Morgan fingerprint density at radius 1 is 1.00 bits per heavy atom. The van der Waals surface area contributed by atoms with Gasteiger partial charge in [0.05, 0.1) is 12.2 Å². The molecule has 5 nitrogen and oxygen atoms in total. The number of hydrogen-bond donors (Lipinski definition) is 2. The van der Waals surface area contributed by atoms with Crippen molar-refractivity contribution in [3.8, 4) is 0 Å². The maximum Gasteiger partial charge on any atom is 0.319 e. The van der Waals surface area contributed by atoms with Crippen molar-refractivity contribution in [2.75, 3.05) is 11.9 Å². The molecule has 2 N–H and O–H groups in total. The van der Waals surface area contributed by atoms with Crippen LogP contribution in [0.2, 0.25) is 0 Å². The number of benzene rings is 2. The lowest BCUT2D eigenvalue weighted by atomic mass is 10.1. The predicted molar refractivity (Wildman–Crippen MR) is 109 cm³/mol. The van der Waals surface area contributed by atoms with Crippen LogP contribution in [-0.2, 0) is 13.0 Å². The second-order valence-electron chi connectivity index (χ2n) is 6.76. The van der Waals surface area contributed by atoms with E-state index in [9.17, 15) is 4.79 Å². The lowest BCUT2D eigenvalue weighted by Gasteiger charge is -2.10. The summed E-state index contributed by atoms with van der Waals surface area (Å²) in [5.74, 6) is 0. The van der Waals surface area contributed by atoms with E-state index >= 15 is 0 Å². The number of anilines is 1. The summed E-state index contributed by atoms with van der Waals surface area (Å²) >= 11 is 0. The van der Waals surface area contributed by atoms with Crippen LogP contribution < -0.4 is 10.6 Å². The normalized spacial score (nSPS) is 10.6. The van der Waals surface area contributed by atoms with Crippen molar-refractivity contribution in [1.29, 1.82) is 0 Å². The van der Waals surface area contributed by atoms with E-state index in [1.165, 1.54) is 5.56 Å². The summed E-state index contributed by atoms with van der Waals surface area (Å²) in [6.07, 6.45) is 1.87. The maximum absolute atomic E-state index is 12.1. The van der Waals surface area contributed by atoms with Gasteiger partial charge in [-0.05, 0) is 56.0 Å². The third-order valence-corrected chi connectivity index (χ3v) is 4.39. The van der Waals surface area contributed by atoms with Gasteiger partial charge in [0.2, 0.25) is 0 Å². The molecule has 1 aromatic heterocycles. The summed E-state index contributed by atoms with van der Waals surface area (Å²) in [5.41, 5.74) is 5.31. The van der Waals surface area contributed by atoms with Crippen LogP contribution in [0, 0.1) is 13.8 Å². The van der Waals surface area contributed by atoms with Crippen LogP contribution in [0.1, 0.15) is 28.9 Å². The molecule has 3 rings (SSSR count). The molecule has 1 heterocycles. The lowest BCUT2D eigenvalue weighted by Crippen LogP contribution is -2.29. The number of amides is 2. The molecule has 2 aromatic carbocycles. The van der Waals surface area contributed by atoms with Crippen LogP contribution in [0.4, 0.5) is 10.5 Å². The molecule has 5 heteroatoms. The van der Waals surface area contributed by atoms with Gasteiger partial charge in [-0.3, -0.25) is 4.68 Å². The molecule has 2 amide bonds. The molecular formula is C22H26N4O. The molecule has 0 unspecified atom stereocenters. The standard InChI is InChI=1S/C22H26N4O/c1-17-14-18(2)26(25-17)16-20-10-6-12-21(15-20)24-22(27)23-13-7-11-19-8-4-3-5-9-19/h3-6,8-10,12,14-15H,7,11,13,16H2,1-2H3,(H2,23,24,27). The summed E-state index contributed by atoms with van der Waals surface area (Å²) in [6.45, 7) is 5.37. The molecule has 3 aromatic rings. The highest BCUT2D eigenvalue weighted by Crippen LogP contribution is 2.13. The fourth-order valence-corrected chi connectivity index (χ4v) is 3.07. The first-order valence-corrected chi connectivity index (χ1v) is 9.29. The third kappa shape index (κ3) is 5.71. The first kappa shape index (κ1) is 18.7. The Morgan fingerprint density at radius 2 is 1.78 bits per heavy atom. The van der Waals surface area contributed by atoms with Gasteiger partial charge in [-0.15, -0.1) is 0 Å². The monoisotopic (exact) mass is 362 g/mol.